The predicted molar refractivity (Wildman–Crippen MR) is 79.1 cm³/mol. The quantitative estimate of drug-likeness (QED) is 0.905. The van der Waals surface area contributed by atoms with Crippen LogP contribution in [0.15, 0.2) is 24.3 Å². The molecule has 1 amide bonds. The first-order chi connectivity index (χ1) is 9.88. The number of amides is 1. The Morgan fingerprint density at radius 2 is 2.19 bits per heavy atom. The summed E-state index contributed by atoms with van der Waals surface area (Å²) in [7, 11) is 0. The van der Waals surface area contributed by atoms with Crippen molar-refractivity contribution in [1.29, 1.82) is 0 Å². The third-order valence-corrected chi connectivity index (χ3v) is 3.46. The minimum Gasteiger partial charge on any atom is -0.396 e. The van der Waals surface area contributed by atoms with Crippen LogP contribution in [0.1, 0.15) is 29.9 Å². The summed E-state index contributed by atoms with van der Waals surface area (Å²) >= 11 is 0. The number of rotatable bonds is 4. The molecule has 6 heteroatoms. The molecule has 0 bridgehead atoms. The Kier molecular flexibility index (Phi) is 4.26. The van der Waals surface area contributed by atoms with Gasteiger partial charge in [-0.15, -0.1) is 0 Å². The van der Waals surface area contributed by atoms with Crippen LogP contribution in [0, 0.1) is 19.7 Å². The van der Waals surface area contributed by atoms with Gasteiger partial charge < -0.3 is 11.1 Å². The van der Waals surface area contributed by atoms with E-state index in [0.29, 0.717) is 11.4 Å². The number of nitrogens with one attached hydrogen (secondary N) is 1. The molecule has 5 nitrogen and oxygen atoms in total. The van der Waals surface area contributed by atoms with Gasteiger partial charge in [0.2, 0.25) is 5.91 Å². The van der Waals surface area contributed by atoms with Crippen molar-refractivity contribution in [3.63, 3.8) is 0 Å². The summed E-state index contributed by atoms with van der Waals surface area (Å²) in [5.41, 5.74) is 8.62. The Balaban J connectivity index is 2.03. The lowest BCUT2D eigenvalue weighted by atomic mass is 10.1. The summed E-state index contributed by atoms with van der Waals surface area (Å²) in [4.78, 5) is 12.0. The number of halogens is 1. The SMILES string of the molecule is Cc1nn(CC(=O)NC(C)c2cccc(F)c2)c(C)c1N. The van der Waals surface area contributed by atoms with Crippen LogP contribution in [0.3, 0.4) is 0 Å². The molecule has 1 heterocycles. The molecule has 0 aliphatic carbocycles. The molecule has 0 saturated heterocycles. The van der Waals surface area contributed by atoms with E-state index < -0.39 is 0 Å². The molecular formula is C15H19FN4O. The Morgan fingerprint density at radius 1 is 1.48 bits per heavy atom. The van der Waals surface area contributed by atoms with Gasteiger partial charge in [-0.25, -0.2) is 4.39 Å². The Labute approximate surface area is 123 Å². The number of carbonyl (C=O) groups is 1. The van der Waals surface area contributed by atoms with Crippen LogP contribution < -0.4 is 11.1 Å². The summed E-state index contributed by atoms with van der Waals surface area (Å²) in [6.07, 6.45) is 0. The lowest BCUT2D eigenvalue weighted by molar-refractivity contribution is -0.122. The number of hydrogen-bond acceptors (Lipinski definition) is 3. The number of anilines is 1. The number of nitrogen functional groups attached to an aromatic ring is 1. The van der Waals surface area contributed by atoms with Gasteiger partial charge >= 0.3 is 0 Å². The fourth-order valence-corrected chi connectivity index (χ4v) is 2.15. The predicted octanol–water partition coefficient (Wildman–Crippen LogP) is 2.10. The highest BCUT2D eigenvalue weighted by molar-refractivity contribution is 5.76. The van der Waals surface area contributed by atoms with E-state index in [0.717, 1.165) is 11.3 Å². The highest BCUT2D eigenvalue weighted by Crippen LogP contribution is 2.16. The van der Waals surface area contributed by atoms with Gasteiger partial charge in [-0.05, 0) is 38.5 Å². The van der Waals surface area contributed by atoms with E-state index in [1.165, 1.54) is 12.1 Å². The molecule has 0 saturated carbocycles. The lowest BCUT2D eigenvalue weighted by Crippen LogP contribution is -2.30. The summed E-state index contributed by atoms with van der Waals surface area (Å²) in [5, 5.41) is 7.04. The molecule has 1 aromatic heterocycles. The summed E-state index contributed by atoms with van der Waals surface area (Å²) in [5.74, 6) is -0.516. The third kappa shape index (κ3) is 3.39. The first-order valence-corrected chi connectivity index (χ1v) is 6.72. The fourth-order valence-electron chi connectivity index (χ4n) is 2.15. The Morgan fingerprint density at radius 3 is 2.76 bits per heavy atom. The van der Waals surface area contributed by atoms with Crippen molar-refractivity contribution in [3.05, 3.63) is 47.0 Å². The second-order valence-electron chi connectivity index (χ2n) is 5.09. The monoisotopic (exact) mass is 290 g/mol. The number of benzene rings is 1. The van der Waals surface area contributed by atoms with Crippen LogP contribution in [0.25, 0.3) is 0 Å². The number of aromatic nitrogens is 2. The number of carbonyl (C=O) groups excluding carboxylic acids is 1. The molecule has 112 valence electrons. The molecule has 0 aliphatic heterocycles. The maximum atomic E-state index is 13.2. The average molecular weight is 290 g/mol. The van der Waals surface area contributed by atoms with E-state index in [1.54, 1.807) is 23.7 Å². The average Bonchev–Trinajstić information content (AvgIpc) is 2.66. The van der Waals surface area contributed by atoms with Crippen LogP contribution in [0.2, 0.25) is 0 Å². The normalized spacial score (nSPS) is 12.2. The van der Waals surface area contributed by atoms with E-state index in [9.17, 15) is 9.18 Å². The zero-order chi connectivity index (χ0) is 15.6. The van der Waals surface area contributed by atoms with Crippen molar-refractivity contribution < 1.29 is 9.18 Å². The molecule has 1 atom stereocenters. The summed E-state index contributed by atoms with van der Waals surface area (Å²) in [6, 6.07) is 5.90. The maximum Gasteiger partial charge on any atom is 0.242 e. The van der Waals surface area contributed by atoms with Crippen molar-refractivity contribution in [2.45, 2.75) is 33.4 Å². The van der Waals surface area contributed by atoms with Gasteiger partial charge in [-0.3, -0.25) is 9.48 Å². The van der Waals surface area contributed by atoms with Crippen molar-refractivity contribution in [2.75, 3.05) is 5.73 Å². The smallest absolute Gasteiger partial charge is 0.242 e. The van der Waals surface area contributed by atoms with Crippen LogP contribution >= 0.6 is 0 Å². The minimum atomic E-state index is -0.320. The van der Waals surface area contributed by atoms with Gasteiger partial charge in [0, 0.05) is 0 Å². The van der Waals surface area contributed by atoms with Gasteiger partial charge in [0.15, 0.2) is 0 Å². The molecule has 0 fully saturated rings. The molecule has 2 rings (SSSR count). The third-order valence-electron chi connectivity index (χ3n) is 3.46. The number of hydrogen-bond donors (Lipinski definition) is 2. The van der Waals surface area contributed by atoms with Gasteiger partial charge in [0.25, 0.3) is 0 Å². The second-order valence-corrected chi connectivity index (χ2v) is 5.09. The minimum absolute atomic E-state index is 0.0868. The molecule has 3 N–H and O–H groups in total. The van der Waals surface area contributed by atoms with Crippen molar-refractivity contribution in [3.8, 4) is 0 Å². The topological polar surface area (TPSA) is 72.9 Å². The standard InChI is InChI=1S/C15H19FN4O/c1-9(12-5-4-6-13(16)7-12)18-14(21)8-20-11(3)15(17)10(2)19-20/h4-7,9H,8,17H2,1-3H3,(H,18,21). The van der Waals surface area contributed by atoms with Crippen LogP contribution in [0.5, 0.6) is 0 Å². The van der Waals surface area contributed by atoms with Gasteiger partial charge in [0.1, 0.15) is 12.4 Å². The van der Waals surface area contributed by atoms with Crippen LogP contribution in [-0.2, 0) is 11.3 Å². The molecule has 1 unspecified atom stereocenters. The number of nitrogens with zero attached hydrogens (tertiary/aromatic N) is 2. The highest BCUT2D eigenvalue weighted by atomic mass is 19.1. The fraction of sp³-hybridized carbons (Fsp3) is 0.333. The molecule has 0 radical (unpaired) electrons. The zero-order valence-corrected chi connectivity index (χ0v) is 12.4. The Bertz CT molecular complexity index is 666. The number of aryl methyl sites for hydroxylation is 1. The Hall–Kier alpha value is -2.37. The van der Waals surface area contributed by atoms with Gasteiger partial charge in [-0.2, -0.15) is 5.10 Å². The van der Waals surface area contributed by atoms with E-state index in [4.69, 9.17) is 5.73 Å². The van der Waals surface area contributed by atoms with Crippen molar-refractivity contribution in [2.24, 2.45) is 0 Å². The van der Waals surface area contributed by atoms with Crippen molar-refractivity contribution in [1.82, 2.24) is 15.1 Å². The van der Waals surface area contributed by atoms with Gasteiger partial charge in [-0.1, -0.05) is 12.1 Å². The van der Waals surface area contributed by atoms with Crippen molar-refractivity contribution >= 4 is 11.6 Å². The molecule has 21 heavy (non-hydrogen) atoms. The molecule has 0 spiro atoms. The largest absolute Gasteiger partial charge is 0.396 e. The molecular weight excluding hydrogens is 271 g/mol. The van der Waals surface area contributed by atoms with Crippen LogP contribution in [0.4, 0.5) is 10.1 Å². The molecule has 0 aliphatic rings. The first-order valence-electron chi connectivity index (χ1n) is 6.72. The molecule has 1 aromatic carbocycles. The highest BCUT2D eigenvalue weighted by Gasteiger charge is 2.14. The summed E-state index contributed by atoms with van der Waals surface area (Å²) in [6.45, 7) is 5.51. The lowest BCUT2D eigenvalue weighted by Gasteiger charge is -2.15. The zero-order valence-electron chi connectivity index (χ0n) is 12.4. The van der Waals surface area contributed by atoms with Gasteiger partial charge in [0.05, 0.1) is 23.1 Å². The maximum absolute atomic E-state index is 13.2. The summed E-state index contributed by atoms with van der Waals surface area (Å²) < 4.78 is 14.7. The van der Waals surface area contributed by atoms with E-state index in [2.05, 4.69) is 10.4 Å². The van der Waals surface area contributed by atoms with Crippen LogP contribution in [-0.4, -0.2) is 15.7 Å². The van der Waals surface area contributed by atoms with E-state index in [1.807, 2.05) is 13.8 Å². The molecule has 2 aromatic rings. The number of nitrogens with two attached hydrogens (primary N) is 1. The van der Waals surface area contributed by atoms with E-state index in [-0.39, 0.29) is 24.3 Å². The second kappa shape index (κ2) is 5.95. The first kappa shape index (κ1) is 15.0. The van der Waals surface area contributed by atoms with E-state index >= 15 is 0 Å².